The fourth-order valence-electron chi connectivity index (χ4n) is 5.57. The third kappa shape index (κ3) is 6.91. The molecular formula is C27H36F4N4O6S. The summed E-state index contributed by atoms with van der Waals surface area (Å²) in [7, 11) is 1.42. The lowest BCUT2D eigenvalue weighted by molar-refractivity contribution is -0.179. The standard InChI is InChI=1S/C27H36F4N4O6S/c1-26(2,31)13-34(3)24(39)23(27(40)7-5-4-6-8-27)42-25-22(38)20(21(37)18(12-36)41-25)35-11-17(32-33-35)14-9-15(28)19(30)16(29)10-14/h9-11,18,20-23,25,36-38,40H,4-8,12-13H2,1-3H3/t18-,20+,21+,22-,23?,25+/m1/s1. The first kappa shape index (κ1) is 32.6. The summed E-state index contributed by atoms with van der Waals surface area (Å²) >= 11 is 0.809. The highest BCUT2D eigenvalue weighted by atomic mass is 32.2. The molecule has 0 spiro atoms. The maximum atomic E-state index is 14.4. The van der Waals surface area contributed by atoms with Crippen molar-refractivity contribution in [2.45, 2.75) is 92.3 Å². The number of amides is 1. The van der Waals surface area contributed by atoms with Crippen LogP contribution in [-0.4, -0.2) is 107 Å². The van der Waals surface area contributed by atoms with E-state index in [1.807, 2.05) is 0 Å². The Morgan fingerprint density at radius 1 is 1.19 bits per heavy atom. The van der Waals surface area contributed by atoms with Crippen LogP contribution >= 0.6 is 11.8 Å². The second-order valence-electron chi connectivity index (χ2n) is 11.6. The van der Waals surface area contributed by atoms with Crippen molar-refractivity contribution in [2.75, 3.05) is 20.2 Å². The van der Waals surface area contributed by atoms with E-state index in [9.17, 15) is 42.8 Å². The van der Waals surface area contributed by atoms with E-state index in [-0.39, 0.29) is 17.8 Å². The van der Waals surface area contributed by atoms with Crippen molar-refractivity contribution in [3.63, 3.8) is 0 Å². The minimum absolute atomic E-state index is 0.0940. The largest absolute Gasteiger partial charge is 0.394 e. The average molecular weight is 621 g/mol. The molecule has 1 amide bonds. The summed E-state index contributed by atoms with van der Waals surface area (Å²) in [6.45, 7) is 1.71. The normalized spacial score (nSPS) is 27.1. The van der Waals surface area contributed by atoms with Gasteiger partial charge in [0.25, 0.3) is 0 Å². The maximum absolute atomic E-state index is 14.4. The Bertz CT molecular complexity index is 1230. The Balaban J connectivity index is 1.65. The Labute approximate surface area is 244 Å². The SMILES string of the molecule is CN(CC(C)(C)F)C(=O)C(S[C@@H]1O[C@H](CO)[C@H](O)[C@H](n2cc(-c3cc(F)c(F)c(F)c3)nn2)[C@H]1O)C1(O)CCCCC1. The Morgan fingerprint density at radius 3 is 2.38 bits per heavy atom. The van der Waals surface area contributed by atoms with Crippen molar-refractivity contribution < 1.29 is 47.5 Å². The minimum Gasteiger partial charge on any atom is -0.394 e. The van der Waals surface area contributed by atoms with Crippen molar-refractivity contribution in [2.24, 2.45) is 0 Å². The average Bonchev–Trinajstić information content (AvgIpc) is 3.40. The lowest BCUT2D eigenvalue weighted by Crippen LogP contribution is -2.58. The molecule has 4 N–H and O–H groups in total. The summed E-state index contributed by atoms with van der Waals surface area (Å²) in [5.41, 5.74) is -4.73. The predicted octanol–water partition coefficient (Wildman–Crippen LogP) is 2.35. The monoisotopic (exact) mass is 620 g/mol. The van der Waals surface area contributed by atoms with Crippen LogP contribution in [0.5, 0.6) is 0 Å². The number of nitrogens with zero attached hydrogens (tertiary/aromatic N) is 4. The number of carbonyl (C=O) groups excluding carboxylic acids is 1. The number of thioether (sulfide) groups is 1. The summed E-state index contributed by atoms with van der Waals surface area (Å²) in [4.78, 5) is 14.8. The van der Waals surface area contributed by atoms with E-state index in [1.165, 1.54) is 32.0 Å². The van der Waals surface area contributed by atoms with Gasteiger partial charge in [0.15, 0.2) is 17.5 Å². The zero-order valence-corrected chi connectivity index (χ0v) is 24.3. The summed E-state index contributed by atoms with van der Waals surface area (Å²) < 4.78 is 62.3. The molecule has 0 bridgehead atoms. The fourth-order valence-corrected chi connectivity index (χ4v) is 7.15. The molecule has 1 aromatic carbocycles. The molecule has 1 saturated carbocycles. The molecule has 2 aromatic rings. The first-order valence-corrected chi connectivity index (χ1v) is 14.6. The van der Waals surface area contributed by atoms with E-state index >= 15 is 0 Å². The quantitative estimate of drug-likeness (QED) is 0.246. The van der Waals surface area contributed by atoms with Crippen molar-refractivity contribution in [3.8, 4) is 11.3 Å². The van der Waals surface area contributed by atoms with Crippen LogP contribution in [0, 0.1) is 17.5 Å². The second kappa shape index (κ2) is 12.7. The second-order valence-corrected chi connectivity index (χ2v) is 12.8. The van der Waals surface area contributed by atoms with Gasteiger partial charge < -0.3 is 30.1 Å². The summed E-state index contributed by atoms with van der Waals surface area (Å²) in [6.07, 6.45) is -0.462. The maximum Gasteiger partial charge on any atom is 0.238 e. The highest BCUT2D eigenvalue weighted by Gasteiger charge is 2.51. The molecule has 10 nitrogen and oxygen atoms in total. The van der Waals surface area contributed by atoms with Crippen LogP contribution in [0.2, 0.25) is 0 Å². The van der Waals surface area contributed by atoms with Gasteiger partial charge in [0.05, 0.1) is 24.9 Å². The van der Waals surface area contributed by atoms with Crippen LogP contribution in [0.25, 0.3) is 11.3 Å². The Morgan fingerprint density at radius 2 is 1.81 bits per heavy atom. The van der Waals surface area contributed by atoms with Crippen LogP contribution in [0.1, 0.15) is 52.0 Å². The molecule has 2 aliphatic rings. The number of halogens is 4. The van der Waals surface area contributed by atoms with Gasteiger partial charge in [0, 0.05) is 12.6 Å². The molecule has 1 aromatic heterocycles. The molecule has 6 atom stereocenters. The molecule has 42 heavy (non-hydrogen) atoms. The first-order valence-electron chi connectivity index (χ1n) is 13.7. The van der Waals surface area contributed by atoms with Gasteiger partial charge in [-0.15, -0.1) is 16.9 Å². The Hall–Kier alpha value is -2.30. The van der Waals surface area contributed by atoms with Crippen LogP contribution in [-0.2, 0) is 9.53 Å². The summed E-state index contributed by atoms with van der Waals surface area (Å²) in [5.74, 6) is -5.12. The third-order valence-corrected chi connectivity index (χ3v) is 9.21. The first-order chi connectivity index (χ1) is 19.6. The number of carbonyl (C=O) groups is 1. The number of alkyl halides is 1. The van der Waals surface area contributed by atoms with Crippen molar-refractivity contribution in [1.82, 2.24) is 19.9 Å². The molecule has 1 unspecified atom stereocenters. The fraction of sp³-hybridized carbons (Fsp3) is 0.667. The molecule has 0 radical (unpaired) electrons. The van der Waals surface area contributed by atoms with Gasteiger partial charge in [-0.2, -0.15) is 0 Å². The lowest BCUT2D eigenvalue weighted by Gasteiger charge is -2.45. The van der Waals surface area contributed by atoms with Crippen LogP contribution in [0.15, 0.2) is 18.3 Å². The van der Waals surface area contributed by atoms with E-state index in [1.54, 1.807) is 0 Å². The van der Waals surface area contributed by atoms with E-state index in [2.05, 4.69) is 10.3 Å². The molecule has 2 fully saturated rings. The molecule has 1 saturated heterocycles. The lowest BCUT2D eigenvalue weighted by atomic mass is 9.81. The number of hydrogen-bond acceptors (Lipinski definition) is 9. The van der Waals surface area contributed by atoms with E-state index in [4.69, 9.17) is 4.74 Å². The molecule has 1 aliphatic carbocycles. The molecule has 1 aliphatic heterocycles. The highest BCUT2D eigenvalue weighted by molar-refractivity contribution is 8.01. The van der Waals surface area contributed by atoms with Crippen molar-refractivity contribution in [3.05, 3.63) is 35.8 Å². The van der Waals surface area contributed by atoms with Gasteiger partial charge in [-0.1, -0.05) is 24.5 Å². The van der Waals surface area contributed by atoms with Gasteiger partial charge in [-0.25, -0.2) is 22.2 Å². The van der Waals surface area contributed by atoms with Gasteiger partial charge in [-0.05, 0) is 38.8 Å². The summed E-state index contributed by atoms with van der Waals surface area (Å²) in [5, 5.41) is 50.4. The van der Waals surface area contributed by atoms with Gasteiger partial charge in [0.1, 0.15) is 46.4 Å². The highest BCUT2D eigenvalue weighted by Crippen LogP contribution is 2.43. The number of hydrogen-bond donors (Lipinski definition) is 4. The topological polar surface area (TPSA) is 141 Å². The molecule has 234 valence electrons. The molecule has 2 heterocycles. The molecule has 4 rings (SSSR count). The number of aromatic nitrogens is 3. The van der Waals surface area contributed by atoms with Crippen LogP contribution in [0.3, 0.4) is 0 Å². The smallest absolute Gasteiger partial charge is 0.238 e. The number of ether oxygens (including phenoxy) is 1. The predicted molar refractivity (Wildman–Crippen MR) is 144 cm³/mol. The number of aliphatic hydroxyl groups is 4. The Kier molecular flexibility index (Phi) is 9.89. The van der Waals surface area contributed by atoms with E-state index < -0.39 is 76.3 Å². The van der Waals surface area contributed by atoms with Crippen LogP contribution in [0.4, 0.5) is 17.6 Å². The molecule has 15 heteroatoms. The molecular weight excluding hydrogens is 584 g/mol. The van der Waals surface area contributed by atoms with Gasteiger partial charge in [0.2, 0.25) is 5.91 Å². The third-order valence-electron chi connectivity index (χ3n) is 7.64. The zero-order valence-electron chi connectivity index (χ0n) is 23.5. The summed E-state index contributed by atoms with van der Waals surface area (Å²) in [6, 6.07) is 0.119. The minimum atomic E-state index is -1.71. The number of aliphatic hydroxyl groups excluding tert-OH is 3. The van der Waals surface area contributed by atoms with Crippen molar-refractivity contribution in [1.29, 1.82) is 0 Å². The van der Waals surface area contributed by atoms with E-state index in [0.29, 0.717) is 25.7 Å². The van der Waals surface area contributed by atoms with E-state index in [0.717, 1.165) is 35.0 Å². The number of rotatable bonds is 9. The van der Waals surface area contributed by atoms with Gasteiger partial charge >= 0.3 is 0 Å². The zero-order chi connectivity index (χ0) is 31.0. The van der Waals surface area contributed by atoms with Crippen molar-refractivity contribution >= 4 is 17.7 Å². The number of benzene rings is 1. The van der Waals surface area contributed by atoms with Crippen LogP contribution < -0.4 is 0 Å². The van der Waals surface area contributed by atoms with Gasteiger partial charge in [-0.3, -0.25) is 4.79 Å².